The van der Waals surface area contributed by atoms with E-state index in [0.717, 1.165) is 12.1 Å². The van der Waals surface area contributed by atoms with Crippen molar-refractivity contribution in [2.75, 3.05) is 24.6 Å². The van der Waals surface area contributed by atoms with Crippen molar-refractivity contribution in [2.45, 2.75) is 19.6 Å². The third-order valence-corrected chi connectivity index (χ3v) is 5.05. The van der Waals surface area contributed by atoms with Gasteiger partial charge in [-0.25, -0.2) is 0 Å². The molecule has 0 saturated carbocycles. The lowest BCUT2D eigenvalue weighted by molar-refractivity contribution is -0.137. The Morgan fingerprint density at radius 3 is 2.62 bits per heavy atom. The molecule has 3 aromatic rings. The molecule has 0 atom stereocenters. The van der Waals surface area contributed by atoms with Crippen LogP contribution >= 0.6 is 11.6 Å². The number of carbonyl (C=O) groups is 1. The Hall–Kier alpha value is -3.66. The highest BCUT2D eigenvalue weighted by Crippen LogP contribution is 2.35. The van der Waals surface area contributed by atoms with Crippen LogP contribution in [0.25, 0.3) is 0 Å². The Balaban J connectivity index is 1.77. The first kappa shape index (κ1) is 25.0. The van der Waals surface area contributed by atoms with Gasteiger partial charge in [0.25, 0.3) is 0 Å². The van der Waals surface area contributed by atoms with Crippen LogP contribution in [0.2, 0.25) is 5.02 Å². The van der Waals surface area contributed by atoms with E-state index in [4.69, 9.17) is 22.1 Å². The Morgan fingerprint density at radius 2 is 1.97 bits per heavy atom. The monoisotopic (exact) mass is 493 g/mol. The third kappa shape index (κ3) is 6.22. The topological polar surface area (TPSA) is 93.7 Å². The first-order chi connectivity index (χ1) is 16.1. The summed E-state index contributed by atoms with van der Waals surface area (Å²) in [5, 5.41) is 6.06. The van der Waals surface area contributed by atoms with Gasteiger partial charge in [0.1, 0.15) is 17.2 Å². The van der Waals surface area contributed by atoms with Crippen LogP contribution in [0.1, 0.15) is 18.2 Å². The van der Waals surface area contributed by atoms with Gasteiger partial charge in [0.2, 0.25) is 5.91 Å². The molecule has 0 aliphatic carbocycles. The van der Waals surface area contributed by atoms with Gasteiger partial charge in [-0.05, 0) is 42.5 Å². The molecule has 0 radical (unpaired) electrons. The van der Waals surface area contributed by atoms with Crippen molar-refractivity contribution in [3.63, 3.8) is 0 Å². The molecule has 0 aliphatic heterocycles. The number of alkyl halides is 3. The van der Waals surface area contributed by atoms with E-state index in [9.17, 15) is 18.0 Å². The van der Waals surface area contributed by atoms with E-state index < -0.39 is 11.7 Å². The lowest BCUT2D eigenvalue weighted by Gasteiger charge is -2.16. The number of carbonyl (C=O) groups excluding carboxylic acids is 1. The number of anilines is 2. The highest BCUT2D eigenvalue weighted by molar-refractivity contribution is 6.32. The van der Waals surface area contributed by atoms with E-state index in [1.807, 2.05) is 4.57 Å². The molecule has 2 aromatic carbocycles. The number of hydrogen-bond donors (Lipinski definition) is 3. The zero-order valence-corrected chi connectivity index (χ0v) is 19.2. The summed E-state index contributed by atoms with van der Waals surface area (Å²) < 4.78 is 46.2. The first-order valence-electron chi connectivity index (χ1n) is 10.2. The zero-order chi connectivity index (χ0) is 24.9. The van der Waals surface area contributed by atoms with E-state index >= 15 is 0 Å². The van der Waals surface area contributed by atoms with Crippen molar-refractivity contribution >= 4 is 34.7 Å². The molecule has 34 heavy (non-hydrogen) atoms. The fourth-order valence-corrected chi connectivity index (χ4v) is 3.40. The van der Waals surface area contributed by atoms with Gasteiger partial charge < -0.3 is 25.7 Å². The number of nitrogens with two attached hydrogens (primary N) is 1. The molecule has 4 N–H and O–H groups in total. The normalized spacial score (nSPS) is 11.9. The third-order valence-electron chi connectivity index (χ3n) is 4.75. The predicted octanol–water partition coefficient (Wildman–Crippen LogP) is 5.16. The van der Waals surface area contributed by atoms with Crippen LogP contribution in [-0.4, -0.2) is 29.9 Å². The number of benzene rings is 2. The average molecular weight is 494 g/mol. The minimum absolute atomic E-state index is 0.0121. The molecule has 1 aromatic heterocycles. The minimum Gasteiger partial charge on any atom is -0.456 e. The van der Waals surface area contributed by atoms with Crippen molar-refractivity contribution in [3.8, 4) is 11.5 Å². The summed E-state index contributed by atoms with van der Waals surface area (Å²) >= 11 is 6.32. The SMILES string of the molecule is CN=C(Nc1ccc(Oc2cccc(C(F)(F)F)c2)c(Cl)c1)c1c(N)ccn1CCNC(C)=O. The second kappa shape index (κ2) is 10.5. The number of amides is 1. The number of aromatic nitrogens is 1. The lowest BCUT2D eigenvalue weighted by Crippen LogP contribution is -2.27. The predicted molar refractivity (Wildman–Crippen MR) is 127 cm³/mol. The summed E-state index contributed by atoms with van der Waals surface area (Å²) in [6, 6.07) is 11.0. The van der Waals surface area contributed by atoms with E-state index in [-0.39, 0.29) is 22.4 Å². The van der Waals surface area contributed by atoms with Crippen molar-refractivity contribution in [2.24, 2.45) is 4.99 Å². The average Bonchev–Trinajstić information content (AvgIpc) is 3.13. The Bertz CT molecular complexity index is 1210. The number of ether oxygens (including phenoxy) is 1. The molecule has 11 heteroatoms. The number of aliphatic imine (C=N–C) groups is 1. The van der Waals surface area contributed by atoms with Gasteiger partial charge in [-0.15, -0.1) is 0 Å². The van der Waals surface area contributed by atoms with Crippen LogP contribution in [-0.2, 0) is 17.5 Å². The zero-order valence-electron chi connectivity index (χ0n) is 18.4. The molecule has 3 rings (SSSR count). The summed E-state index contributed by atoms with van der Waals surface area (Å²) in [6.45, 7) is 2.34. The maximum absolute atomic E-state index is 12.9. The molecule has 0 bridgehead atoms. The summed E-state index contributed by atoms with van der Waals surface area (Å²) in [6.07, 6.45) is -2.69. The van der Waals surface area contributed by atoms with Crippen molar-refractivity contribution in [1.82, 2.24) is 9.88 Å². The van der Waals surface area contributed by atoms with Gasteiger partial charge in [0.15, 0.2) is 5.84 Å². The second-order valence-corrected chi connectivity index (χ2v) is 7.67. The van der Waals surface area contributed by atoms with Crippen LogP contribution < -0.4 is 21.1 Å². The Labute approximate surface area is 199 Å². The highest BCUT2D eigenvalue weighted by Gasteiger charge is 2.30. The highest BCUT2D eigenvalue weighted by atomic mass is 35.5. The van der Waals surface area contributed by atoms with Crippen LogP contribution in [0.3, 0.4) is 0 Å². The fraction of sp³-hybridized carbons (Fsp3) is 0.217. The Kier molecular flexibility index (Phi) is 7.72. The molecule has 0 fully saturated rings. The second-order valence-electron chi connectivity index (χ2n) is 7.27. The van der Waals surface area contributed by atoms with Crippen LogP contribution in [0.15, 0.2) is 59.7 Å². The molecular formula is C23H23ClF3N5O2. The molecule has 7 nitrogen and oxygen atoms in total. The van der Waals surface area contributed by atoms with E-state index in [1.165, 1.54) is 25.1 Å². The molecule has 0 spiro atoms. The van der Waals surface area contributed by atoms with E-state index in [0.29, 0.717) is 36.0 Å². The number of nitrogens with zero attached hydrogens (tertiary/aromatic N) is 2. The smallest absolute Gasteiger partial charge is 0.416 e. The first-order valence-corrected chi connectivity index (χ1v) is 10.5. The molecule has 0 aliphatic rings. The molecule has 0 unspecified atom stereocenters. The number of rotatable bonds is 7. The molecule has 1 heterocycles. The van der Waals surface area contributed by atoms with Crippen molar-refractivity contribution in [1.29, 1.82) is 0 Å². The van der Waals surface area contributed by atoms with Gasteiger partial charge in [0, 0.05) is 38.9 Å². The molecular weight excluding hydrogens is 471 g/mol. The summed E-state index contributed by atoms with van der Waals surface area (Å²) in [4.78, 5) is 15.4. The summed E-state index contributed by atoms with van der Waals surface area (Å²) in [7, 11) is 1.60. The fourth-order valence-electron chi connectivity index (χ4n) is 3.18. The quantitative estimate of drug-likeness (QED) is 0.313. The number of hydrogen-bond acceptors (Lipinski definition) is 4. The number of nitrogen functional groups attached to an aromatic ring is 1. The van der Waals surface area contributed by atoms with Gasteiger partial charge in [0.05, 0.1) is 16.3 Å². The Morgan fingerprint density at radius 1 is 1.21 bits per heavy atom. The summed E-state index contributed by atoms with van der Waals surface area (Å²) in [5.41, 5.74) is 7.00. The maximum Gasteiger partial charge on any atom is 0.416 e. The lowest BCUT2D eigenvalue weighted by atomic mass is 10.2. The van der Waals surface area contributed by atoms with E-state index in [2.05, 4.69) is 15.6 Å². The van der Waals surface area contributed by atoms with Gasteiger partial charge in [-0.2, -0.15) is 13.2 Å². The molecule has 180 valence electrons. The minimum atomic E-state index is -4.48. The van der Waals surface area contributed by atoms with Crippen LogP contribution in [0.4, 0.5) is 24.5 Å². The van der Waals surface area contributed by atoms with Gasteiger partial charge in [-0.1, -0.05) is 17.7 Å². The maximum atomic E-state index is 12.9. The van der Waals surface area contributed by atoms with Gasteiger partial charge >= 0.3 is 6.18 Å². The van der Waals surface area contributed by atoms with Gasteiger partial charge in [-0.3, -0.25) is 9.79 Å². The number of halogens is 4. The van der Waals surface area contributed by atoms with Crippen LogP contribution in [0.5, 0.6) is 11.5 Å². The van der Waals surface area contributed by atoms with Crippen molar-refractivity contribution < 1.29 is 22.7 Å². The summed E-state index contributed by atoms with van der Waals surface area (Å²) in [5.74, 6) is 0.539. The standard InChI is InChI=1S/C23H23ClF3N5O2/c1-14(33)30-9-11-32-10-8-19(28)21(32)22(29-2)31-16-6-7-20(18(24)13-16)34-17-5-3-4-15(12-17)23(25,26)27/h3-8,10,12-13H,9,11,28H2,1-2H3,(H,29,31)(H,30,33). The number of amidine groups is 1. The number of nitrogens with one attached hydrogen (secondary N) is 2. The molecule has 0 saturated heterocycles. The van der Waals surface area contributed by atoms with Crippen LogP contribution in [0, 0.1) is 0 Å². The van der Waals surface area contributed by atoms with Crippen molar-refractivity contribution in [3.05, 3.63) is 71.0 Å². The molecule has 1 amide bonds. The van der Waals surface area contributed by atoms with E-state index in [1.54, 1.807) is 31.4 Å². The largest absolute Gasteiger partial charge is 0.456 e.